The van der Waals surface area contributed by atoms with Crippen LogP contribution in [0.3, 0.4) is 0 Å². The monoisotopic (exact) mass is 452 g/mol. The Morgan fingerprint density at radius 2 is 1.79 bits per heavy atom. The molecule has 1 saturated heterocycles. The minimum absolute atomic E-state index is 0.0501. The lowest BCUT2D eigenvalue weighted by Gasteiger charge is -2.32. The second kappa shape index (κ2) is 8.85. The zero-order chi connectivity index (χ0) is 23.7. The van der Waals surface area contributed by atoms with Crippen molar-refractivity contribution in [3.8, 4) is 0 Å². The third kappa shape index (κ3) is 4.61. The van der Waals surface area contributed by atoms with Crippen LogP contribution in [0.5, 0.6) is 0 Å². The van der Waals surface area contributed by atoms with Crippen LogP contribution in [-0.4, -0.2) is 46.6 Å². The van der Waals surface area contributed by atoms with E-state index >= 15 is 0 Å². The SMILES string of the molecule is CC(=O)c1ccc(NC(=O)C2CC(=O)Nc3nc(N4CCC(C(N)=O)CC4)[nH]c(=O)c32)cc1. The van der Waals surface area contributed by atoms with Gasteiger partial charge in [0.15, 0.2) is 5.78 Å². The Bertz CT molecular complexity index is 1180. The summed E-state index contributed by atoms with van der Waals surface area (Å²) in [5.41, 5.74) is 5.89. The van der Waals surface area contributed by atoms with Crippen molar-refractivity contribution in [2.45, 2.75) is 32.1 Å². The van der Waals surface area contributed by atoms with E-state index in [9.17, 15) is 24.0 Å². The molecule has 3 heterocycles. The van der Waals surface area contributed by atoms with E-state index in [0.29, 0.717) is 37.2 Å². The van der Waals surface area contributed by atoms with Gasteiger partial charge in [0.2, 0.25) is 23.7 Å². The molecule has 3 amide bonds. The number of piperidine rings is 1. The van der Waals surface area contributed by atoms with Gasteiger partial charge in [-0.25, -0.2) is 0 Å². The molecule has 0 spiro atoms. The normalized spacial score (nSPS) is 18.3. The first-order valence-electron chi connectivity index (χ1n) is 10.6. The number of hydrogen-bond donors (Lipinski definition) is 4. The lowest BCUT2D eigenvalue weighted by atomic mass is 9.92. The third-order valence-corrected chi connectivity index (χ3v) is 6.01. The number of nitrogens with zero attached hydrogens (tertiary/aromatic N) is 2. The molecule has 11 nitrogen and oxygen atoms in total. The molecular formula is C22H24N6O5. The highest BCUT2D eigenvalue weighted by Gasteiger charge is 2.35. The van der Waals surface area contributed by atoms with Crippen LogP contribution in [0.15, 0.2) is 29.1 Å². The van der Waals surface area contributed by atoms with E-state index in [1.54, 1.807) is 24.3 Å². The highest BCUT2D eigenvalue weighted by Crippen LogP contribution is 2.31. The Morgan fingerprint density at radius 3 is 2.39 bits per heavy atom. The number of carbonyl (C=O) groups is 4. The number of fused-ring (bicyclic) bond motifs is 1. The summed E-state index contributed by atoms with van der Waals surface area (Å²) in [6, 6.07) is 6.34. The maximum absolute atomic E-state index is 12.9. The summed E-state index contributed by atoms with van der Waals surface area (Å²) >= 11 is 0. The molecule has 11 heteroatoms. The van der Waals surface area contributed by atoms with Crippen LogP contribution in [-0.2, 0) is 14.4 Å². The van der Waals surface area contributed by atoms with Crippen molar-refractivity contribution in [2.75, 3.05) is 28.6 Å². The predicted molar refractivity (Wildman–Crippen MR) is 120 cm³/mol. The number of nitrogens with one attached hydrogen (secondary N) is 3. The fraction of sp³-hybridized carbons (Fsp3) is 0.364. The molecule has 0 aliphatic carbocycles. The van der Waals surface area contributed by atoms with Gasteiger partial charge in [-0.05, 0) is 44.0 Å². The first-order chi connectivity index (χ1) is 15.7. The van der Waals surface area contributed by atoms with Gasteiger partial charge in [-0.2, -0.15) is 4.98 Å². The zero-order valence-electron chi connectivity index (χ0n) is 18.0. The summed E-state index contributed by atoms with van der Waals surface area (Å²) in [5.74, 6) is -2.32. The van der Waals surface area contributed by atoms with Gasteiger partial charge in [0.05, 0.1) is 11.5 Å². The van der Waals surface area contributed by atoms with E-state index in [0.717, 1.165) is 0 Å². The van der Waals surface area contributed by atoms with E-state index in [-0.39, 0.29) is 41.4 Å². The number of benzene rings is 1. The Kier molecular flexibility index (Phi) is 5.95. The summed E-state index contributed by atoms with van der Waals surface area (Å²) in [7, 11) is 0. The number of aromatic nitrogens is 2. The molecule has 1 fully saturated rings. The average Bonchev–Trinajstić information content (AvgIpc) is 2.78. The van der Waals surface area contributed by atoms with Crippen LogP contribution in [0.1, 0.15) is 48.0 Å². The average molecular weight is 452 g/mol. The summed E-state index contributed by atoms with van der Waals surface area (Å²) in [4.78, 5) is 69.9. The quantitative estimate of drug-likeness (QED) is 0.485. The van der Waals surface area contributed by atoms with Crippen molar-refractivity contribution in [3.05, 3.63) is 45.7 Å². The summed E-state index contributed by atoms with van der Waals surface area (Å²) in [5, 5.41) is 5.28. The van der Waals surface area contributed by atoms with Crippen molar-refractivity contribution >= 4 is 41.0 Å². The Morgan fingerprint density at radius 1 is 1.12 bits per heavy atom. The lowest BCUT2D eigenvalue weighted by molar-refractivity contribution is -0.123. The molecule has 172 valence electrons. The van der Waals surface area contributed by atoms with Gasteiger partial charge in [0, 0.05) is 36.7 Å². The molecule has 1 aromatic carbocycles. The second-order valence-corrected chi connectivity index (χ2v) is 8.24. The highest BCUT2D eigenvalue weighted by molar-refractivity contribution is 6.04. The fourth-order valence-electron chi connectivity index (χ4n) is 4.13. The molecule has 1 aromatic heterocycles. The van der Waals surface area contributed by atoms with E-state index in [1.165, 1.54) is 6.92 Å². The summed E-state index contributed by atoms with van der Waals surface area (Å²) < 4.78 is 0. The number of Topliss-reactive ketones (excluding diaryl/α,β-unsaturated/α-hetero) is 1. The molecule has 5 N–H and O–H groups in total. The maximum Gasteiger partial charge on any atom is 0.258 e. The first kappa shape index (κ1) is 22.2. The van der Waals surface area contributed by atoms with Gasteiger partial charge < -0.3 is 21.3 Å². The molecule has 4 rings (SSSR count). The van der Waals surface area contributed by atoms with Crippen molar-refractivity contribution < 1.29 is 19.2 Å². The number of hydrogen-bond acceptors (Lipinski definition) is 7. The van der Waals surface area contributed by atoms with Gasteiger partial charge in [-0.1, -0.05) is 0 Å². The third-order valence-electron chi connectivity index (χ3n) is 6.01. The number of primary amides is 1. The number of aromatic amines is 1. The maximum atomic E-state index is 12.9. The second-order valence-electron chi connectivity index (χ2n) is 8.24. The number of nitrogens with two attached hydrogens (primary N) is 1. The number of anilines is 3. The standard InChI is InChI=1S/C22H24N6O5/c1-11(29)12-2-4-14(5-3-12)24-20(32)15-10-16(30)25-19-17(15)21(33)27-22(26-19)28-8-6-13(7-9-28)18(23)31/h2-5,13,15H,6-10H2,1H3,(H2,23,31)(H,24,32)(H2,25,26,27,30,33). The minimum Gasteiger partial charge on any atom is -0.369 e. The van der Waals surface area contributed by atoms with Crippen LogP contribution < -0.4 is 26.8 Å². The van der Waals surface area contributed by atoms with Crippen LogP contribution in [0.2, 0.25) is 0 Å². The molecule has 2 aliphatic rings. The fourth-order valence-corrected chi connectivity index (χ4v) is 4.13. The Labute approximate surface area is 188 Å². The highest BCUT2D eigenvalue weighted by atomic mass is 16.2. The largest absolute Gasteiger partial charge is 0.369 e. The summed E-state index contributed by atoms with van der Waals surface area (Å²) in [6.07, 6.45) is 0.879. The lowest BCUT2D eigenvalue weighted by Crippen LogP contribution is -2.41. The zero-order valence-corrected chi connectivity index (χ0v) is 18.0. The number of H-pyrrole nitrogens is 1. The smallest absolute Gasteiger partial charge is 0.258 e. The molecule has 0 bridgehead atoms. The number of amides is 3. The molecular weight excluding hydrogens is 428 g/mol. The van der Waals surface area contributed by atoms with Crippen LogP contribution in [0, 0.1) is 5.92 Å². The van der Waals surface area contributed by atoms with Gasteiger partial charge in [0.1, 0.15) is 5.82 Å². The molecule has 2 aliphatic heterocycles. The van der Waals surface area contributed by atoms with Crippen molar-refractivity contribution in [2.24, 2.45) is 11.7 Å². The van der Waals surface area contributed by atoms with Crippen LogP contribution in [0.4, 0.5) is 17.5 Å². The van der Waals surface area contributed by atoms with Crippen molar-refractivity contribution in [1.29, 1.82) is 0 Å². The molecule has 2 aromatic rings. The van der Waals surface area contributed by atoms with Crippen molar-refractivity contribution in [3.63, 3.8) is 0 Å². The Hall–Kier alpha value is -4.02. The number of carbonyl (C=O) groups excluding carboxylic acids is 4. The van der Waals surface area contributed by atoms with E-state index < -0.39 is 23.3 Å². The topological polar surface area (TPSA) is 167 Å². The van der Waals surface area contributed by atoms with Crippen LogP contribution in [0.25, 0.3) is 0 Å². The van der Waals surface area contributed by atoms with Gasteiger partial charge in [-0.3, -0.25) is 29.0 Å². The van der Waals surface area contributed by atoms with E-state index in [2.05, 4.69) is 20.6 Å². The molecule has 1 atom stereocenters. The van der Waals surface area contributed by atoms with Gasteiger partial charge >= 0.3 is 0 Å². The summed E-state index contributed by atoms with van der Waals surface area (Å²) in [6.45, 7) is 2.39. The minimum atomic E-state index is -1.02. The van der Waals surface area contributed by atoms with E-state index in [4.69, 9.17) is 5.73 Å². The van der Waals surface area contributed by atoms with Crippen molar-refractivity contribution in [1.82, 2.24) is 9.97 Å². The molecule has 33 heavy (non-hydrogen) atoms. The predicted octanol–water partition coefficient (Wildman–Crippen LogP) is 0.739. The first-order valence-corrected chi connectivity index (χ1v) is 10.6. The van der Waals surface area contributed by atoms with Crippen LogP contribution >= 0.6 is 0 Å². The molecule has 0 saturated carbocycles. The molecule has 1 unspecified atom stereocenters. The number of rotatable bonds is 5. The van der Waals surface area contributed by atoms with Gasteiger partial charge in [-0.15, -0.1) is 0 Å². The Balaban J connectivity index is 1.56. The van der Waals surface area contributed by atoms with E-state index in [1.807, 2.05) is 4.90 Å². The van der Waals surface area contributed by atoms with Gasteiger partial charge in [0.25, 0.3) is 5.56 Å². The number of ketones is 1. The molecule has 0 radical (unpaired) electrons.